The van der Waals surface area contributed by atoms with Crippen LogP contribution in [0.4, 0.5) is 0 Å². The highest BCUT2D eigenvalue weighted by Crippen LogP contribution is 2.36. The number of benzene rings is 1. The molecule has 2 saturated carbocycles. The zero-order chi connectivity index (χ0) is 17.6. The molecule has 1 aromatic rings. The molecule has 2 aliphatic rings. The topological polar surface area (TPSA) is 35.5 Å². The molecule has 0 spiro atoms. The van der Waals surface area contributed by atoms with Gasteiger partial charge in [-0.1, -0.05) is 19.1 Å². The summed E-state index contributed by atoms with van der Waals surface area (Å²) in [6, 6.07) is 8.15. The van der Waals surface area contributed by atoms with Crippen LogP contribution in [0.3, 0.4) is 0 Å². The summed E-state index contributed by atoms with van der Waals surface area (Å²) < 4.78 is 11.0. The van der Waals surface area contributed by atoms with E-state index in [4.69, 9.17) is 9.47 Å². The summed E-state index contributed by atoms with van der Waals surface area (Å²) in [4.78, 5) is 12.4. The zero-order valence-electron chi connectivity index (χ0n) is 15.7. The maximum Gasteiger partial charge on any atom is 0.338 e. The molecular formula is C22H32O3. The molecule has 0 N–H and O–H groups in total. The Labute approximate surface area is 152 Å². The molecule has 0 heterocycles. The van der Waals surface area contributed by atoms with Gasteiger partial charge in [0.15, 0.2) is 0 Å². The van der Waals surface area contributed by atoms with Crippen LogP contribution in [-0.4, -0.2) is 25.8 Å². The molecule has 0 aromatic heterocycles. The molecule has 3 heteroatoms. The van der Waals surface area contributed by atoms with Crippen LogP contribution in [0.2, 0.25) is 0 Å². The molecule has 0 atom stereocenters. The van der Waals surface area contributed by atoms with Crippen molar-refractivity contribution < 1.29 is 14.3 Å². The molecule has 2 aliphatic carbocycles. The lowest BCUT2D eigenvalue weighted by Gasteiger charge is -2.28. The fraction of sp³-hybridized carbons (Fsp3) is 0.682. The maximum atomic E-state index is 12.4. The zero-order valence-corrected chi connectivity index (χ0v) is 15.7. The van der Waals surface area contributed by atoms with Gasteiger partial charge in [-0.15, -0.1) is 0 Å². The van der Waals surface area contributed by atoms with E-state index in [9.17, 15) is 4.79 Å². The van der Waals surface area contributed by atoms with Gasteiger partial charge in [0.25, 0.3) is 0 Å². The Morgan fingerprint density at radius 3 is 2.20 bits per heavy atom. The third-order valence-electron chi connectivity index (χ3n) is 6.10. The second kappa shape index (κ2) is 8.84. The summed E-state index contributed by atoms with van der Waals surface area (Å²) in [5, 5.41) is 0. The van der Waals surface area contributed by atoms with Gasteiger partial charge < -0.3 is 9.47 Å². The van der Waals surface area contributed by atoms with Crippen LogP contribution in [0.5, 0.6) is 0 Å². The number of rotatable bonds is 5. The first kappa shape index (κ1) is 18.4. The molecule has 1 aromatic carbocycles. The number of hydrogen-bond donors (Lipinski definition) is 0. The fourth-order valence-corrected chi connectivity index (χ4v) is 4.36. The molecule has 0 amide bonds. The molecule has 25 heavy (non-hydrogen) atoms. The van der Waals surface area contributed by atoms with Gasteiger partial charge in [0.2, 0.25) is 0 Å². The lowest BCUT2D eigenvalue weighted by molar-refractivity contribution is 0.0174. The van der Waals surface area contributed by atoms with Crippen LogP contribution >= 0.6 is 0 Å². The van der Waals surface area contributed by atoms with E-state index in [-0.39, 0.29) is 12.1 Å². The molecule has 3 nitrogen and oxygen atoms in total. The van der Waals surface area contributed by atoms with Crippen molar-refractivity contribution in [2.75, 3.05) is 13.7 Å². The van der Waals surface area contributed by atoms with E-state index in [0.717, 1.165) is 25.4 Å². The van der Waals surface area contributed by atoms with E-state index in [2.05, 4.69) is 19.1 Å². The third kappa shape index (κ3) is 5.07. The summed E-state index contributed by atoms with van der Waals surface area (Å²) >= 11 is 0. The Morgan fingerprint density at radius 2 is 1.60 bits per heavy atom. The second-order valence-corrected chi connectivity index (χ2v) is 8.08. The number of ether oxygens (including phenoxy) is 2. The number of carbonyl (C=O) groups is 1. The number of methoxy groups -OCH3 is 1. The second-order valence-electron chi connectivity index (χ2n) is 8.08. The number of esters is 1. The molecule has 3 rings (SSSR count). The Balaban J connectivity index is 1.51. The van der Waals surface area contributed by atoms with Gasteiger partial charge in [-0.2, -0.15) is 0 Å². The normalized spacial score (nSPS) is 30.0. The first-order chi connectivity index (χ1) is 12.2. The highest BCUT2D eigenvalue weighted by atomic mass is 16.5. The van der Waals surface area contributed by atoms with Crippen LogP contribution < -0.4 is 0 Å². The van der Waals surface area contributed by atoms with Crippen LogP contribution in [0.15, 0.2) is 24.3 Å². The largest absolute Gasteiger partial charge is 0.459 e. The van der Waals surface area contributed by atoms with Gasteiger partial charge in [-0.3, -0.25) is 0 Å². The van der Waals surface area contributed by atoms with Gasteiger partial charge in [-0.05, 0) is 86.8 Å². The monoisotopic (exact) mass is 344 g/mol. The molecule has 0 bridgehead atoms. The first-order valence-electron chi connectivity index (χ1n) is 9.95. The van der Waals surface area contributed by atoms with E-state index in [1.54, 1.807) is 7.11 Å². The maximum absolute atomic E-state index is 12.4. The van der Waals surface area contributed by atoms with E-state index in [0.29, 0.717) is 17.4 Å². The van der Waals surface area contributed by atoms with Crippen molar-refractivity contribution in [2.45, 2.75) is 70.3 Å². The predicted octanol–water partition coefficient (Wildman–Crippen LogP) is 5.34. The Bertz CT molecular complexity index is 535. The van der Waals surface area contributed by atoms with E-state index in [1.165, 1.54) is 44.1 Å². The van der Waals surface area contributed by atoms with Crippen molar-refractivity contribution in [3.05, 3.63) is 35.4 Å². The molecule has 138 valence electrons. The van der Waals surface area contributed by atoms with Crippen LogP contribution in [0.25, 0.3) is 0 Å². The molecule has 0 unspecified atom stereocenters. The SMILES string of the molecule is COC[C@H]1CC[C@H](c2ccc(C(=O)OC3CCC(C)CC3)cc2)CC1. The smallest absolute Gasteiger partial charge is 0.338 e. The van der Waals surface area contributed by atoms with Gasteiger partial charge in [0, 0.05) is 13.7 Å². The van der Waals surface area contributed by atoms with E-state index >= 15 is 0 Å². The molecule has 0 radical (unpaired) electrons. The van der Waals surface area contributed by atoms with Crippen molar-refractivity contribution in [1.29, 1.82) is 0 Å². The van der Waals surface area contributed by atoms with Crippen LogP contribution in [-0.2, 0) is 9.47 Å². The van der Waals surface area contributed by atoms with Crippen molar-refractivity contribution in [1.82, 2.24) is 0 Å². The summed E-state index contributed by atoms with van der Waals surface area (Å²) in [6.07, 6.45) is 9.39. The predicted molar refractivity (Wildman–Crippen MR) is 99.9 cm³/mol. The highest BCUT2D eigenvalue weighted by molar-refractivity contribution is 5.89. The number of hydrogen-bond acceptors (Lipinski definition) is 3. The minimum atomic E-state index is -0.157. The average molecular weight is 344 g/mol. The van der Waals surface area contributed by atoms with Crippen molar-refractivity contribution >= 4 is 5.97 Å². The Hall–Kier alpha value is -1.35. The van der Waals surface area contributed by atoms with Crippen molar-refractivity contribution in [3.8, 4) is 0 Å². The molecule has 0 saturated heterocycles. The summed E-state index contributed by atoms with van der Waals surface area (Å²) in [7, 11) is 1.79. The third-order valence-corrected chi connectivity index (χ3v) is 6.10. The first-order valence-corrected chi connectivity index (χ1v) is 9.95. The van der Waals surface area contributed by atoms with Gasteiger partial charge in [0.1, 0.15) is 6.10 Å². The van der Waals surface area contributed by atoms with Gasteiger partial charge in [0.05, 0.1) is 5.56 Å². The van der Waals surface area contributed by atoms with Crippen LogP contribution in [0, 0.1) is 11.8 Å². The lowest BCUT2D eigenvalue weighted by atomic mass is 9.79. The summed E-state index contributed by atoms with van der Waals surface area (Å²) in [5.41, 5.74) is 2.05. The minimum absolute atomic E-state index is 0.111. The fourth-order valence-electron chi connectivity index (χ4n) is 4.36. The summed E-state index contributed by atoms with van der Waals surface area (Å²) in [5.74, 6) is 1.95. The van der Waals surface area contributed by atoms with E-state index < -0.39 is 0 Å². The average Bonchev–Trinajstić information content (AvgIpc) is 2.65. The van der Waals surface area contributed by atoms with Crippen LogP contribution in [0.1, 0.15) is 80.1 Å². The van der Waals surface area contributed by atoms with E-state index in [1.807, 2.05) is 12.1 Å². The van der Waals surface area contributed by atoms with Crippen molar-refractivity contribution in [3.63, 3.8) is 0 Å². The molecule has 2 fully saturated rings. The van der Waals surface area contributed by atoms with Gasteiger partial charge >= 0.3 is 5.97 Å². The quantitative estimate of drug-likeness (QED) is 0.676. The lowest BCUT2D eigenvalue weighted by Crippen LogP contribution is -2.23. The molecule has 0 aliphatic heterocycles. The Kier molecular flexibility index (Phi) is 6.52. The highest BCUT2D eigenvalue weighted by Gasteiger charge is 2.24. The molecular weight excluding hydrogens is 312 g/mol. The standard InChI is InChI=1S/C22H32O3/c1-16-3-13-21(14-4-16)25-22(23)20-11-9-19(10-12-20)18-7-5-17(6-8-18)15-24-2/h9-12,16-18,21H,3-8,13-15H2,1-2H3/t16?,17-,18-,21?. The number of carbonyl (C=O) groups excluding carboxylic acids is 1. The Morgan fingerprint density at radius 1 is 0.960 bits per heavy atom. The minimum Gasteiger partial charge on any atom is -0.459 e. The van der Waals surface area contributed by atoms with Gasteiger partial charge in [-0.25, -0.2) is 4.79 Å². The summed E-state index contributed by atoms with van der Waals surface area (Å²) in [6.45, 7) is 3.16. The van der Waals surface area contributed by atoms with Crippen molar-refractivity contribution in [2.24, 2.45) is 11.8 Å².